The maximum atomic E-state index is 12.3. The third-order valence-electron chi connectivity index (χ3n) is 4.15. The van der Waals surface area contributed by atoms with Gasteiger partial charge in [-0.05, 0) is 37.6 Å². The Balaban J connectivity index is 1.82. The topological polar surface area (TPSA) is 91.8 Å². The van der Waals surface area contributed by atoms with Gasteiger partial charge in [-0.3, -0.25) is 4.99 Å². The van der Waals surface area contributed by atoms with E-state index >= 15 is 0 Å². The molecule has 0 unspecified atom stereocenters. The first-order chi connectivity index (χ1) is 13.4. The van der Waals surface area contributed by atoms with Crippen molar-refractivity contribution in [2.24, 2.45) is 4.99 Å². The maximum absolute atomic E-state index is 12.3. The monoisotopic (exact) mass is 404 g/mol. The molecule has 0 saturated carbocycles. The number of hydrogen-bond acceptors (Lipinski definition) is 4. The third kappa shape index (κ3) is 6.24. The second kappa shape index (κ2) is 10.1. The van der Waals surface area contributed by atoms with Crippen LogP contribution in [-0.2, 0) is 16.6 Å². The third-order valence-corrected chi connectivity index (χ3v) is 5.63. The van der Waals surface area contributed by atoms with Crippen molar-refractivity contribution in [3.05, 3.63) is 59.2 Å². The number of benzene rings is 2. The quantitative estimate of drug-likeness (QED) is 0.355. The first-order valence-corrected chi connectivity index (χ1v) is 10.5. The van der Waals surface area contributed by atoms with E-state index in [4.69, 9.17) is 4.74 Å². The molecular weight excluding hydrogens is 376 g/mol. The summed E-state index contributed by atoms with van der Waals surface area (Å²) in [5.74, 6) is 1.39. The van der Waals surface area contributed by atoms with Gasteiger partial charge in [-0.15, -0.1) is 0 Å². The fraction of sp³-hybridized carbons (Fsp3) is 0.350. The van der Waals surface area contributed by atoms with Gasteiger partial charge in [-0.25, -0.2) is 13.1 Å². The maximum Gasteiger partial charge on any atom is 0.240 e. The molecule has 0 spiro atoms. The second-order valence-corrected chi connectivity index (χ2v) is 8.15. The summed E-state index contributed by atoms with van der Waals surface area (Å²) >= 11 is 0. The standard InChI is InChI=1S/C20H28N4O3S/c1-15-6-9-18(10-7-15)28(25,26)24-12-11-22-20(21-3)23-14-17-8-5-16(2)13-19(17)27-4/h5-10,13,24H,11-12,14H2,1-4H3,(H2,21,22,23). The molecule has 0 fully saturated rings. The number of hydrogen-bond donors (Lipinski definition) is 3. The molecule has 0 radical (unpaired) electrons. The van der Waals surface area contributed by atoms with Crippen molar-refractivity contribution in [2.75, 3.05) is 27.2 Å². The molecule has 0 bridgehead atoms. The Morgan fingerprint density at radius 3 is 2.32 bits per heavy atom. The summed E-state index contributed by atoms with van der Waals surface area (Å²) in [6, 6.07) is 12.8. The van der Waals surface area contributed by atoms with Gasteiger partial charge in [-0.2, -0.15) is 0 Å². The molecule has 0 aromatic heterocycles. The lowest BCUT2D eigenvalue weighted by molar-refractivity contribution is 0.408. The van der Waals surface area contributed by atoms with Gasteiger partial charge < -0.3 is 15.4 Å². The van der Waals surface area contributed by atoms with Crippen LogP contribution >= 0.6 is 0 Å². The molecule has 7 nitrogen and oxygen atoms in total. The number of rotatable bonds is 8. The molecule has 0 atom stereocenters. The van der Waals surface area contributed by atoms with Crippen LogP contribution in [0.5, 0.6) is 5.75 Å². The number of ether oxygens (including phenoxy) is 1. The van der Waals surface area contributed by atoms with Crippen molar-refractivity contribution >= 4 is 16.0 Å². The zero-order valence-electron chi connectivity index (χ0n) is 16.7. The molecule has 28 heavy (non-hydrogen) atoms. The SMILES string of the molecule is CN=C(NCCNS(=O)(=O)c1ccc(C)cc1)NCc1ccc(C)cc1OC. The number of nitrogens with one attached hydrogen (secondary N) is 3. The van der Waals surface area contributed by atoms with Gasteiger partial charge >= 0.3 is 0 Å². The van der Waals surface area contributed by atoms with E-state index in [9.17, 15) is 8.42 Å². The highest BCUT2D eigenvalue weighted by Crippen LogP contribution is 2.19. The zero-order valence-corrected chi connectivity index (χ0v) is 17.6. The van der Waals surface area contributed by atoms with E-state index in [1.165, 1.54) is 0 Å². The van der Waals surface area contributed by atoms with Crippen LogP contribution in [0.3, 0.4) is 0 Å². The Labute approximate surface area is 167 Å². The van der Waals surface area contributed by atoms with Crippen LogP contribution in [0.25, 0.3) is 0 Å². The van der Waals surface area contributed by atoms with Crippen LogP contribution in [-0.4, -0.2) is 41.6 Å². The van der Waals surface area contributed by atoms with Crippen LogP contribution in [0.4, 0.5) is 0 Å². The van der Waals surface area contributed by atoms with Crippen molar-refractivity contribution in [3.8, 4) is 5.75 Å². The smallest absolute Gasteiger partial charge is 0.240 e. The van der Waals surface area contributed by atoms with Crippen LogP contribution in [0.15, 0.2) is 52.4 Å². The molecule has 3 N–H and O–H groups in total. The van der Waals surface area contributed by atoms with E-state index in [1.54, 1.807) is 38.4 Å². The van der Waals surface area contributed by atoms with Gasteiger partial charge in [0.25, 0.3) is 0 Å². The Bertz CT molecular complexity index is 910. The van der Waals surface area contributed by atoms with Crippen molar-refractivity contribution < 1.29 is 13.2 Å². The molecule has 0 heterocycles. The summed E-state index contributed by atoms with van der Waals surface area (Å²) in [6.07, 6.45) is 0. The molecular formula is C20H28N4O3S. The number of aliphatic imine (C=N–C) groups is 1. The summed E-state index contributed by atoms with van der Waals surface area (Å²) in [4.78, 5) is 4.41. The minimum Gasteiger partial charge on any atom is -0.496 e. The number of methoxy groups -OCH3 is 1. The van der Waals surface area contributed by atoms with E-state index < -0.39 is 10.0 Å². The number of aryl methyl sites for hydroxylation is 2. The average Bonchev–Trinajstić information content (AvgIpc) is 2.68. The molecule has 0 saturated heterocycles. The fourth-order valence-electron chi connectivity index (χ4n) is 2.56. The highest BCUT2D eigenvalue weighted by molar-refractivity contribution is 7.89. The van der Waals surface area contributed by atoms with Crippen LogP contribution in [0.2, 0.25) is 0 Å². The predicted octanol–water partition coefficient (Wildman–Crippen LogP) is 1.96. The van der Waals surface area contributed by atoms with Gasteiger partial charge in [-0.1, -0.05) is 29.8 Å². The van der Waals surface area contributed by atoms with E-state index in [2.05, 4.69) is 20.3 Å². The number of guanidine groups is 1. The van der Waals surface area contributed by atoms with Gasteiger partial charge in [0.15, 0.2) is 5.96 Å². The minimum absolute atomic E-state index is 0.241. The Hall–Kier alpha value is -2.58. The lowest BCUT2D eigenvalue weighted by atomic mass is 10.1. The largest absolute Gasteiger partial charge is 0.496 e. The van der Waals surface area contributed by atoms with Crippen molar-refractivity contribution in [3.63, 3.8) is 0 Å². The fourth-order valence-corrected chi connectivity index (χ4v) is 3.60. The highest BCUT2D eigenvalue weighted by atomic mass is 32.2. The van der Waals surface area contributed by atoms with Crippen LogP contribution in [0, 0.1) is 13.8 Å². The summed E-state index contributed by atoms with van der Waals surface area (Å²) in [6.45, 7) is 5.11. The lowest BCUT2D eigenvalue weighted by Crippen LogP contribution is -2.41. The molecule has 0 aliphatic carbocycles. The predicted molar refractivity (Wildman–Crippen MR) is 112 cm³/mol. The van der Waals surface area contributed by atoms with Gasteiger partial charge in [0, 0.05) is 32.2 Å². The lowest BCUT2D eigenvalue weighted by Gasteiger charge is -2.14. The number of sulfonamides is 1. The van der Waals surface area contributed by atoms with Crippen LogP contribution < -0.4 is 20.1 Å². The molecule has 0 aliphatic rings. The second-order valence-electron chi connectivity index (χ2n) is 6.38. The van der Waals surface area contributed by atoms with E-state index in [0.717, 1.165) is 22.4 Å². The summed E-state index contributed by atoms with van der Waals surface area (Å²) in [7, 11) is -0.208. The van der Waals surface area contributed by atoms with E-state index in [0.29, 0.717) is 19.0 Å². The molecule has 2 aromatic rings. The molecule has 0 amide bonds. The molecule has 0 aliphatic heterocycles. The Kier molecular flexibility index (Phi) is 7.83. The average molecular weight is 405 g/mol. The van der Waals surface area contributed by atoms with E-state index in [-0.39, 0.29) is 11.4 Å². The van der Waals surface area contributed by atoms with Crippen molar-refractivity contribution in [2.45, 2.75) is 25.3 Å². The first kappa shape index (κ1) is 21.7. The van der Waals surface area contributed by atoms with Gasteiger partial charge in [0.2, 0.25) is 10.0 Å². The van der Waals surface area contributed by atoms with Crippen LogP contribution in [0.1, 0.15) is 16.7 Å². The van der Waals surface area contributed by atoms with Gasteiger partial charge in [0.05, 0.1) is 12.0 Å². The molecule has 2 rings (SSSR count). The van der Waals surface area contributed by atoms with E-state index in [1.807, 2.05) is 32.0 Å². The summed E-state index contributed by atoms with van der Waals surface area (Å²) in [5, 5.41) is 6.29. The van der Waals surface area contributed by atoms with Gasteiger partial charge in [0.1, 0.15) is 5.75 Å². The normalized spacial score (nSPS) is 11.9. The first-order valence-electron chi connectivity index (χ1n) is 9.00. The Morgan fingerprint density at radius 1 is 1.00 bits per heavy atom. The molecule has 152 valence electrons. The molecule has 8 heteroatoms. The van der Waals surface area contributed by atoms with Crippen molar-refractivity contribution in [1.82, 2.24) is 15.4 Å². The number of nitrogens with zero attached hydrogens (tertiary/aromatic N) is 1. The Morgan fingerprint density at radius 2 is 1.68 bits per heavy atom. The zero-order chi connectivity index (χ0) is 20.6. The van der Waals surface area contributed by atoms with Crippen molar-refractivity contribution in [1.29, 1.82) is 0 Å². The highest BCUT2D eigenvalue weighted by Gasteiger charge is 2.12. The molecule has 2 aromatic carbocycles. The minimum atomic E-state index is -3.52. The summed E-state index contributed by atoms with van der Waals surface area (Å²) < 4.78 is 32.5. The summed E-state index contributed by atoms with van der Waals surface area (Å²) in [5.41, 5.74) is 3.15.